The highest BCUT2D eigenvalue weighted by Gasteiger charge is 2.55. The van der Waals surface area contributed by atoms with Crippen molar-refractivity contribution in [2.75, 3.05) is 14.1 Å². The maximum Gasteiger partial charge on any atom is 0.272 e. The summed E-state index contributed by atoms with van der Waals surface area (Å²) >= 11 is 0. The predicted molar refractivity (Wildman–Crippen MR) is 130 cm³/mol. The van der Waals surface area contributed by atoms with E-state index in [0.29, 0.717) is 11.3 Å². The van der Waals surface area contributed by atoms with Crippen molar-refractivity contribution in [2.24, 2.45) is 35.5 Å². The van der Waals surface area contributed by atoms with Crippen molar-refractivity contribution in [3.8, 4) is 0 Å². The van der Waals surface area contributed by atoms with Crippen LogP contribution in [0.5, 0.6) is 0 Å². The fourth-order valence-corrected chi connectivity index (χ4v) is 10.4. The number of nitrogens with zero attached hydrogens (tertiary/aromatic N) is 3. The second kappa shape index (κ2) is 7.30. The minimum atomic E-state index is -0.00550. The van der Waals surface area contributed by atoms with E-state index in [1.165, 1.54) is 38.5 Å². The van der Waals surface area contributed by atoms with E-state index in [1.807, 2.05) is 19.0 Å². The first-order chi connectivity index (χ1) is 16.3. The van der Waals surface area contributed by atoms with Crippen LogP contribution >= 0.6 is 0 Å². The van der Waals surface area contributed by atoms with Gasteiger partial charge in [-0.25, -0.2) is 0 Å². The van der Waals surface area contributed by atoms with E-state index in [2.05, 4.69) is 9.88 Å². The minimum Gasteiger partial charge on any atom is -0.336 e. The van der Waals surface area contributed by atoms with Crippen LogP contribution < -0.4 is 0 Å². The van der Waals surface area contributed by atoms with Crippen LogP contribution in [0.15, 0.2) is 18.3 Å². The van der Waals surface area contributed by atoms with Crippen LogP contribution in [0, 0.1) is 35.5 Å². The Balaban J connectivity index is 1.12. The number of aromatic nitrogens is 1. The summed E-state index contributed by atoms with van der Waals surface area (Å²) in [6.45, 7) is 0. The molecule has 0 spiro atoms. The highest BCUT2D eigenvalue weighted by Crippen LogP contribution is 2.59. The Labute approximate surface area is 203 Å². The Morgan fingerprint density at radius 3 is 1.50 bits per heavy atom. The number of rotatable bonds is 4. The van der Waals surface area contributed by atoms with Gasteiger partial charge in [-0.2, -0.15) is 0 Å². The lowest BCUT2D eigenvalue weighted by Gasteiger charge is -2.59. The third kappa shape index (κ3) is 3.14. The molecule has 0 atom stereocenters. The van der Waals surface area contributed by atoms with Gasteiger partial charge in [0.25, 0.3) is 11.8 Å². The van der Waals surface area contributed by atoms with Crippen LogP contribution in [0.25, 0.3) is 0 Å². The zero-order chi connectivity index (χ0) is 23.2. The van der Waals surface area contributed by atoms with Gasteiger partial charge in [-0.3, -0.25) is 14.6 Å². The molecule has 0 saturated heterocycles. The Morgan fingerprint density at radius 2 is 1.09 bits per heavy atom. The lowest BCUT2D eigenvalue weighted by atomic mass is 9.52. The molecule has 8 saturated carbocycles. The lowest BCUT2D eigenvalue weighted by molar-refractivity contribution is -0.0667. The van der Waals surface area contributed by atoms with Gasteiger partial charge in [0.2, 0.25) is 0 Å². The molecule has 1 aromatic heterocycles. The molecule has 9 rings (SSSR count). The Hall–Kier alpha value is -1.91. The van der Waals surface area contributed by atoms with E-state index in [1.54, 1.807) is 18.3 Å². The molecule has 0 radical (unpaired) electrons. The largest absolute Gasteiger partial charge is 0.336 e. The predicted octanol–water partition coefficient (Wildman–Crippen LogP) is 5.16. The maximum atomic E-state index is 13.7. The molecule has 182 valence electrons. The van der Waals surface area contributed by atoms with Crippen LogP contribution in [0.3, 0.4) is 0 Å². The first-order valence-electron chi connectivity index (χ1n) is 13.8. The van der Waals surface area contributed by atoms with E-state index < -0.39 is 0 Å². The number of amides is 2. The molecule has 1 heterocycles. The second-order valence-corrected chi connectivity index (χ2v) is 13.4. The summed E-state index contributed by atoms with van der Waals surface area (Å²) in [5.74, 6) is 4.81. The third-order valence-corrected chi connectivity index (χ3v) is 11.3. The van der Waals surface area contributed by atoms with Gasteiger partial charge in [0.15, 0.2) is 0 Å². The average molecular weight is 462 g/mol. The zero-order valence-electron chi connectivity index (χ0n) is 20.8. The molecule has 0 unspecified atom stereocenters. The Bertz CT molecular complexity index is 884. The Morgan fingerprint density at radius 1 is 0.706 bits per heavy atom. The van der Waals surface area contributed by atoms with Gasteiger partial charge in [-0.15, -0.1) is 0 Å². The number of hydrogen-bond donors (Lipinski definition) is 0. The van der Waals surface area contributed by atoms with Gasteiger partial charge in [-0.1, -0.05) is 0 Å². The molecule has 0 aromatic carbocycles. The van der Waals surface area contributed by atoms with E-state index >= 15 is 0 Å². The molecular formula is C29H39N3O2. The number of hydrogen-bond acceptors (Lipinski definition) is 3. The van der Waals surface area contributed by atoms with Gasteiger partial charge in [-0.05, 0) is 125 Å². The number of carbonyl (C=O) groups is 2. The third-order valence-electron chi connectivity index (χ3n) is 11.3. The molecule has 34 heavy (non-hydrogen) atoms. The van der Waals surface area contributed by atoms with E-state index in [-0.39, 0.29) is 22.9 Å². The van der Waals surface area contributed by atoms with Crippen LogP contribution in [-0.4, -0.2) is 51.8 Å². The molecule has 0 N–H and O–H groups in total. The molecule has 2 amide bonds. The fourth-order valence-electron chi connectivity index (χ4n) is 10.4. The van der Waals surface area contributed by atoms with Crippen molar-refractivity contribution < 1.29 is 9.59 Å². The molecule has 8 aliphatic carbocycles. The van der Waals surface area contributed by atoms with Crippen molar-refractivity contribution in [1.29, 1.82) is 0 Å². The summed E-state index contributed by atoms with van der Waals surface area (Å²) < 4.78 is 0. The van der Waals surface area contributed by atoms with Crippen molar-refractivity contribution in [3.63, 3.8) is 0 Å². The molecule has 5 nitrogen and oxygen atoms in total. The SMILES string of the molecule is CN(C(=O)c1ccnc(C(=O)N(C)C23CC4CC(CC(C4)C2)C3)c1)C12CC3CC(CC(C3)C1)C2. The van der Waals surface area contributed by atoms with Gasteiger partial charge < -0.3 is 9.80 Å². The van der Waals surface area contributed by atoms with Gasteiger partial charge in [0, 0.05) is 36.9 Å². The smallest absolute Gasteiger partial charge is 0.272 e. The van der Waals surface area contributed by atoms with Crippen molar-refractivity contribution in [2.45, 2.75) is 88.1 Å². The number of pyridine rings is 1. The topological polar surface area (TPSA) is 53.5 Å². The average Bonchev–Trinajstić information content (AvgIpc) is 2.80. The summed E-state index contributed by atoms with van der Waals surface area (Å²) in [5, 5.41) is 0. The summed E-state index contributed by atoms with van der Waals surface area (Å²) in [5.41, 5.74) is 1.08. The van der Waals surface area contributed by atoms with Crippen molar-refractivity contribution in [3.05, 3.63) is 29.6 Å². The normalized spacial score (nSPS) is 43.2. The fraction of sp³-hybridized carbons (Fsp3) is 0.759. The van der Waals surface area contributed by atoms with E-state index in [9.17, 15) is 9.59 Å². The molecule has 1 aromatic rings. The molecule has 5 heteroatoms. The summed E-state index contributed by atoms with van der Waals surface area (Å²) in [6, 6.07) is 3.58. The molecule has 8 aliphatic rings. The van der Waals surface area contributed by atoms with Gasteiger partial charge in [0.05, 0.1) is 0 Å². The highest BCUT2D eigenvalue weighted by molar-refractivity contribution is 5.99. The van der Waals surface area contributed by atoms with Crippen LogP contribution in [-0.2, 0) is 0 Å². The van der Waals surface area contributed by atoms with Crippen LogP contribution in [0.1, 0.15) is 97.9 Å². The summed E-state index contributed by atoms with van der Waals surface area (Å²) in [7, 11) is 4.01. The number of carbonyl (C=O) groups excluding carboxylic acids is 2. The van der Waals surface area contributed by atoms with Crippen LogP contribution in [0.2, 0.25) is 0 Å². The lowest BCUT2D eigenvalue weighted by Crippen LogP contribution is -2.60. The van der Waals surface area contributed by atoms with E-state index in [0.717, 1.165) is 74.0 Å². The minimum absolute atomic E-state index is 0.00349. The van der Waals surface area contributed by atoms with Crippen molar-refractivity contribution >= 4 is 11.8 Å². The second-order valence-electron chi connectivity index (χ2n) is 13.4. The maximum absolute atomic E-state index is 13.7. The van der Waals surface area contributed by atoms with E-state index in [4.69, 9.17) is 0 Å². The summed E-state index contributed by atoms with van der Waals surface area (Å²) in [4.78, 5) is 35.9. The van der Waals surface area contributed by atoms with Gasteiger partial charge in [0.1, 0.15) is 5.69 Å². The Kier molecular flexibility index (Phi) is 4.59. The molecular weight excluding hydrogens is 422 g/mol. The quantitative estimate of drug-likeness (QED) is 0.622. The molecule has 0 aliphatic heterocycles. The molecule has 8 fully saturated rings. The monoisotopic (exact) mass is 461 g/mol. The summed E-state index contributed by atoms with van der Waals surface area (Å²) in [6.07, 6.45) is 16.8. The first-order valence-corrected chi connectivity index (χ1v) is 13.8. The first kappa shape index (κ1) is 21.4. The zero-order valence-corrected chi connectivity index (χ0v) is 20.8. The van der Waals surface area contributed by atoms with Crippen LogP contribution in [0.4, 0.5) is 0 Å². The molecule has 8 bridgehead atoms. The van der Waals surface area contributed by atoms with Crippen molar-refractivity contribution in [1.82, 2.24) is 14.8 Å². The highest BCUT2D eigenvalue weighted by atomic mass is 16.2. The standard InChI is InChI=1S/C29H39N3O2/c1-31(28-12-18-5-19(13-28)7-20(6-18)14-28)26(33)24-3-4-30-25(11-24)27(34)32(2)29-15-21-8-22(16-29)10-23(9-21)17-29/h3-4,11,18-23H,5-10,12-17H2,1-2H3. The van der Waals surface area contributed by atoms with Gasteiger partial charge >= 0.3 is 0 Å².